The number of likely N-dealkylation sites (tertiary alicyclic amines) is 1. The summed E-state index contributed by atoms with van der Waals surface area (Å²) in [5.41, 5.74) is 0. The van der Waals surface area contributed by atoms with Gasteiger partial charge in [-0.25, -0.2) is 0 Å². The number of piperidine rings is 1. The number of carbonyl (C=O) groups excluding carboxylic acids is 1. The zero-order valence-corrected chi connectivity index (χ0v) is 13.2. The molecule has 1 heterocycles. The fourth-order valence-electron chi connectivity index (χ4n) is 4.02. The third kappa shape index (κ3) is 3.34. The molecule has 1 saturated carbocycles. The average molecular weight is 282 g/mol. The SMILES string of the molecule is CC(C(=O)N(C)C)N1CCCCC1C1CCCCC1O. The summed E-state index contributed by atoms with van der Waals surface area (Å²) >= 11 is 0. The molecular weight excluding hydrogens is 252 g/mol. The highest BCUT2D eigenvalue weighted by Crippen LogP contribution is 2.35. The molecule has 4 unspecified atom stereocenters. The molecule has 2 fully saturated rings. The van der Waals surface area contributed by atoms with E-state index in [-0.39, 0.29) is 18.1 Å². The number of hydrogen-bond donors (Lipinski definition) is 1. The Morgan fingerprint density at radius 3 is 2.45 bits per heavy atom. The van der Waals surface area contributed by atoms with Crippen molar-refractivity contribution >= 4 is 5.91 Å². The minimum Gasteiger partial charge on any atom is -0.393 e. The molecule has 4 heteroatoms. The molecule has 0 radical (unpaired) electrons. The van der Waals surface area contributed by atoms with E-state index in [1.807, 2.05) is 21.0 Å². The van der Waals surface area contributed by atoms with Crippen LogP contribution in [0.25, 0.3) is 0 Å². The first-order valence-corrected chi connectivity index (χ1v) is 8.17. The van der Waals surface area contributed by atoms with Crippen LogP contribution in [0.3, 0.4) is 0 Å². The minimum atomic E-state index is -0.170. The molecule has 1 N–H and O–H groups in total. The predicted octanol–water partition coefficient (Wildman–Crippen LogP) is 1.87. The van der Waals surface area contributed by atoms with Crippen molar-refractivity contribution < 1.29 is 9.90 Å². The number of nitrogens with zero attached hydrogens (tertiary/aromatic N) is 2. The van der Waals surface area contributed by atoms with E-state index in [1.165, 1.54) is 19.3 Å². The second kappa shape index (κ2) is 6.90. The fraction of sp³-hybridized carbons (Fsp3) is 0.938. The van der Waals surface area contributed by atoms with Crippen molar-refractivity contribution in [2.24, 2.45) is 5.92 Å². The number of rotatable bonds is 3. The van der Waals surface area contributed by atoms with Gasteiger partial charge in [0.1, 0.15) is 0 Å². The molecule has 1 saturated heterocycles. The summed E-state index contributed by atoms with van der Waals surface area (Å²) in [5.74, 6) is 0.545. The highest BCUT2D eigenvalue weighted by Gasteiger charge is 2.39. The molecule has 0 spiro atoms. The van der Waals surface area contributed by atoms with Gasteiger partial charge in [0, 0.05) is 26.1 Å². The molecule has 2 rings (SSSR count). The van der Waals surface area contributed by atoms with E-state index < -0.39 is 0 Å². The lowest BCUT2D eigenvalue weighted by Gasteiger charge is -2.46. The fourth-order valence-corrected chi connectivity index (χ4v) is 4.02. The van der Waals surface area contributed by atoms with E-state index in [0.717, 1.165) is 32.2 Å². The third-order valence-electron chi connectivity index (χ3n) is 5.16. The van der Waals surface area contributed by atoms with Crippen LogP contribution in [0, 0.1) is 5.92 Å². The molecule has 4 atom stereocenters. The Balaban J connectivity index is 2.10. The quantitative estimate of drug-likeness (QED) is 0.859. The number of hydrogen-bond acceptors (Lipinski definition) is 3. The van der Waals surface area contributed by atoms with Crippen LogP contribution < -0.4 is 0 Å². The van der Waals surface area contributed by atoms with Gasteiger partial charge < -0.3 is 10.0 Å². The lowest BCUT2D eigenvalue weighted by Crippen LogP contribution is -2.55. The lowest BCUT2D eigenvalue weighted by atomic mass is 9.77. The van der Waals surface area contributed by atoms with Gasteiger partial charge in [-0.1, -0.05) is 19.3 Å². The van der Waals surface area contributed by atoms with Crippen LogP contribution in [0.15, 0.2) is 0 Å². The van der Waals surface area contributed by atoms with Gasteiger partial charge >= 0.3 is 0 Å². The zero-order valence-electron chi connectivity index (χ0n) is 13.2. The van der Waals surface area contributed by atoms with Crippen molar-refractivity contribution in [3.8, 4) is 0 Å². The Labute approximate surface area is 123 Å². The molecule has 0 aromatic carbocycles. The van der Waals surface area contributed by atoms with Crippen molar-refractivity contribution in [2.45, 2.75) is 70.1 Å². The second-order valence-electron chi connectivity index (χ2n) is 6.73. The summed E-state index contributed by atoms with van der Waals surface area (Å²) in [4.78, 5) is 16.3. The van der Waals surface area contributed by atoms with Gasteiger partial charge in [0.05, 0.1) is 12.1 Å². The van der Waals surface area contributed by atoms with Gasteiger partial charge in [0.2, 0.25) is 5.91 Å². The van der Waals surface area contributed by atoms with E-state index in [4.69, 9.17) is 0 Å². The van der Waals surface area contributed by atoms with E-state index in [1.54, 1.807) is 4.90 Å². The van der Waals surface area contributed by atoms with Gasteiger partial charge in [-0.05, 0) is 39.2 Å². The highest BCUT2D eigenvalue weighted by atomic mass is 16.3. The maximum Gasteiger partial charge on any atom is 0.239 e. The summed E-state index contributed by atoms with van der Waals surface area (Å²) in [5, 5.41) is 10.3. The largest absolute Gasteiger partial charge is 0.393 e. The Kier molecular flexibility index (Phi) is 5.44. The summed E-state index contributed by atoms with van der Waals surface area (Å²) in [7, 11) is 3.65. The summed E-state index contributed by atoms with van der Waals surface area (Å²) in [6.45, 7) is 3.02. The predicted molar refractivity (Wildman–Crippen MR) is 80.5 cm³/mol. The lowest BCUT2D eigenvalue weighted by molar-refractivity contribution is -0.137. The third-order valence-corrected chi connectivity index (χ3v) is 5.16. The number of likely N-dealkylation sites (N-methyl/N-ethyl adjacent to an activating group) is 1. The molecule has 0 aromatic rings. The van der Waals surface area contributed by atoms with Crippen molar-refractivity contribution in [3.05, 3.63) is 0 Å². The maximum atomic E-state index is 12.3. The Morgan fingerprint density at radius 2 is 1.80 bits per heavy atom. The molecule has 20 heavy (non-hydrogen) atoms. The second-order valence-corrected chi connectivity index (χ2v) is 6.73. The average Bonchev–Trinajstić information content (AvgIpc) is 2.46. The molecule has 0 bridgehead atoms. The topological polar surface area (TPSA) is 43.8 Å². The highest BCUT2D eigenvalue weighted by molar-refractivity contribution is 5.81. The van der Waals surface area contributed by atoms with Gasteiger partial charge in [-0.2, -0.15) is 0 Å². The number of aliphatic hydroxyl groups excluding tert-OH is 1. The Hall–Kier alpha value is -0.610. The smallest absolute Gasteiger partial charge is 0.239 e. The van der Waals surface area contributed by atoms with Crippen LogP contribution in [0.1, 0.15) is 51.9 Å². The van der Waals surface area contributed by atoms with Gasteiger partial charge in [0.25, 0.3) is 0 Å². The number of carbonyl (C=O) groups is 1. The van der Waals surface area contributed by atoms with Crippen LogP contribution in [0.2, 0.25) is 0 Å². The van der Waals surface area contributed by atoms with Gasteiger partial charge in [-0.15, -0.1) is 0 Å². The van der Waals surface area contributed by atoms with Gasteiger partial charge in [-0.3, -0.25) is 9.69 Å². The van der Waals surface area contributed by atoms with E-state index in [0.29, 0.717) is 12.0 Å². The Morgan fingerprint density at radius 1 is 1.15 bits per heavy atom. The summed E-state index contributed by atoms with van der Waals surface area (Å²) < 4.78 is 0. The molecule has 116 valence electrons. The van der Waals surface area contributed by atoms with E-state index in [9.17, 15) is 9.90 Å². The van der Waals surface area contributed by atoms with Crippen LogP contribution in [-0.4, -0.2) is 59.6 Å². The summed E-state index contributed by atoms with van der Waals surface area (Å²) in [6, 6.07) is 0.322. The first-order chi connectivity index (χ1) is 9.52. The molecule has 1 aliphatic carbocycles. The molecule has 0 aromatic heterocycles. The van der Waals surface area contributed by atoms with Crippen molar-refractivity contribution in [1.29, 1.82) is 0 Å². The normalized spacial score (nSPS) is 33.7. The van der Waals surface area contributed by atoms with Crippen molar-refractivity contribution in [2.75, 3.05) is 20.6 Å². The van der Waals surface area contributed by atoms with E-state index in [2.05, 4.69) is 4.90 Å². The minimum absolute atomic E-state index is 0.0653. The maximum absolute atomic E-state index is 12.3. The monoisotopic (exact) mass is 282 g/mol. The van der Waals surface area contributed by atoms with Crippen LogP contribution in [0.4, 0.5) is 0 Å². The van der Waals surface area contributed by atoms with Gasteiger partial charge in [0.15, 0.2) is 0 Å². The molecule has 1 amide bonds. The van der Waals surface area contributed by atoms with Crippen molar-refractivity contribution in [1.82, 2.24) is 9.80 Å². The van der Waals surface area contributed by atoms with Crippen LogP contribution in [-0.2, 0) is 4.79 Å². The molecule has 2 aliphatic rings. The van der Waals surface area contributed by atoms with Crippen LogP contribution in [0.5, 0.6) is 0 Å². The Bertz CT molecular complexity index is 332. The van der Waals surface area contributed by atoms with Crippen LogP contribution >= 0.6 is 0 Å². The molecular formula is C16H30N2O2. The first-order valence-electron chi connectivity index (χ1n) is 8.17. The number of amides is 1. The zero-order chi connectivity index (χ0) is 14.7. The standard InChI is InChI=1S/C16H30N2O2/c1-12(16(20)17(2)3)18-11-7-6-9-14(18)13-8-4-5-10-15(13)19/h12-15,19H,4-11H2,1-3H3. The summed E-state index contributed by atoms with van der Waals surface area (Å²) in [6.07, 6.45) is 7.79. The number of aliphatic hydroxyl groups is 1. The first kappa shape index (κ1) is 15.8. The van der Waals surface area contributed by atoms with Crippen molar-refractivity contribution in [3.63, 3.8) is 0 Å². The molecule has 4 nitrogen and oxygen atoms in total. The van der Waals surface area contributed by atoms with E-state index >= 15 is 0 Å². The molecule has 1 aliphatic heterocycles.